The van der Waals surface area contributed by atoms with Crippen LogP contribution in [0.4, 0.5) is 5.69 Å². The van der Waals surface area contributed by atoms with Crippen molar-refractivity contribution in [3.63, 3.8) is 0 Å². The highest BCUT2D eigenvalue weighted by molar-refractivity contribution is 9.10. The summed E-state index contributed by atoms with van der Waals surface area (Å²) < 4.78 is 10.9. The monoisotopic (exact) mass is 528 g/mol. The van der Waals surface area contributed by atoms with Gasteiger partial charge in [-0.05, 0) is 70.5 Å². The summed E-state index contributed by atoms with van der Waals surface area (Å²) in [4.78, 5) is 28.5. The predicted molar refractivity (Wildman–Crippen MR) is 124 cm³/mol. The van der Waals surface area contributed by atoms with Crippen LogP contribution in [-0.2, 0) is 14.3 Å². The molecular formula is C20H15BrCl2N2O4S. The molecule has 10 heteroatoms. The van der Waals surface area contributed by atoms with Gasteiger partial charge in [-0.1, -0.05) is 35.3 Å². The zero-order valence-electron chi connectivity index (χ0n) is 15.6. The molecule has 2 aromatic rings. The van der Waals surface area contributed by atoms with E-state index >= 15 is 0 Å². The molecule has 0 bridgehead atoms. The number of nitrogens with zero attached hydrogens (tertiary/aromatic N) is 1. The topological polar surface area (TPSA) is 77.0 Å². The van der Waals surface area contributed by atoms with E-state index in [9.17, 15) is 9.59 Å². The van der Waals surface area contributed by atoms with Crippen LogP contribution in [0.15, 0.2) is 50.8 Å². The van der Waals surface area contributed by atoms with Gasteiger partial charge in [-0.3, -0.25) is 4.79 Å². The maximum absolute atomic E-state index is 12.3. The van der Waals surface area contributed by atoms with Gasteiger partial charge in [0, 0.05) is 0 Å². The molecule has 0 radical (unpaired) electrons. The molecule has 1 aliphatic heterocycles. The molecule has 1 aliphatic rings. The van der Waals surface area contributed by atoms with Gasteiger partial charge in [0.25, 0.3) is 5.91 Å². The Morgan fingerprint density at radius 2 is 2.10 bits per heavy atom. The maximum atomic E-state index is 12.3. The molecule has 0 aromatic heterocycles. The van der Waals surface area contributed by atoms with Crippen molar-refractivity contribution in [2.75, 3.05) is 13.2 Å². The first-order valence-corrected chi connectivity index (χ1v) is 11.1. The lowest BCUT2D eigenvalue weighted by molar-refractivity contribution is -0.145. The van der Waals surface area contributed by atoms with Crippen molar-refractivity contribution in [2.24, 2.45) is 4.99 Å². The van der Waals surface area contributed by atoms with Gasteiger partial charge in [-0.25, -0.2) is 9.79 Å². The van der Waals surface area contributed by atoms with E-state index in [4.69, 9.17) is 32.7 Å². The Kier molecular flexibility index (Phi) is 7.82. The number of aliphatic imine (C=N–C) groups is 1. The average molecular weight is 530 g/mol. The van der Waals surface area contributed by atoms with Crippen LogP contribution < -0.4 is 10.1 Å². The first-order valence-electron chi connectivity index (χ1n) is 8.69. The van der Waals surface area contributed by atoms with E-state index in [0.29, 0.717) is 42.6 Å². The molecule has 0 spiro atoms. The van der Waals surface area contributed by atoms with Crippen molar-refractivity contribution in [2.45, 2.75) is 6.92 Å². The number of ether oxygens (including phenoxy) is 2. The maximum Gasteiger partial charge on any atom is 0.344 e. The minimum Gasteiger partial charge on any atom is -0.481 e. The lowest BCUT2D eigenvalue weighted by Gasteiger charge is -2.08. The van der Waals surface area contributed by atoms with Gasteiger partial charge in [0.05, 0.1) is 31.7 Å². The SMILES string of the molecule is CCOC(=O)COc1ccc(/C=C2\SC(=Nc3cccc(Cl)c3Cl)NC2=O)cc1Br. The third kappa shape index (κ3) is 5.78. The third-order valence-electron chi connectivity index (χ3n) is 3.71. The highest BCUT2D eigenvalue weighted by Crippen LogP contribution is 2.35. The standard InChI is InChI=1S/C20H15BrCl2N2O4S/c1-2-28-17(26)10-29-15-7-6-11(8-12(15)21)9-16-19(27)25-20(30-16)24-14-5-3-4-13(22)18(14)23/h3-9H,2,10H2,1H3,(H,24,25,27)/b16-9-. The molecule has 1 amide bonds. The zero-order chi connectivity index (χ0) is 21.7. The van der Waals surface area contributed by atoms with Crippen LogP contribution in [-0.4, -0.2) is 30.3 Å². The van der Waals surface area contributed by atoms with Crippen LogP contribution in [0, 0.1) is 0 Å². The van der Waals surface area contributed by atoms with Gasteiger partial charge in [0.15, 0.2) is 11.8 Å². The van der Waals surface area contributed by atoms with E-state index in [1.54, 1.807) is 49.4 Å². The van der Waals surface area contributed by atoms with E-state index in [1.807, 2.05) is 0 Å². The van der Waals surface area contributed by atoms with Crippen LogP contribution >= 0.6 is 50.9 Å². The van der Waals surface area contributed by atoms with Crippen molar-refractivity contribution >= 4 is 79.7 Å². The Balaban J connectivity index is 1.73. The number of esters is 1. The molecule has 0 unspecified atom stereocenters. The molecule has 1 N–H and O–H groups in total. The van der Waals surface area contributed by atoms with Gasteiger partial charge in [-0.2, -0.15) is 0 Å². The van der Waals surface area contributed by atoms with E-state index < -0.39 is 5.97 Å². The largest absolute Gasteiger partial charge is 0.481 e. The molecule has 0 saturated carbocycles. The van der Waals surface area contributed by atoms with Crippen LogP contribution in [0.2, 0.25) is 10.0 Å². The minimum absolute atomic E-state index is 0.184. The van der Waals surface area contributed by atoms with E-state index in [-0.39, 0.29) is 12.5 Å². The molecular weight excluding hydrogens is 515 g/mol. The summed E-state index contributed by atoms with van der Waals surface area (Å²) in [5.41, 5.74) is 1.24. The summed E-state index contributed by atoms with van der Waals surface area (Å²) in [6.45, 7) is 1.84. The molecule has 0 aliphatic carbocycles. The summed E-state index contributed by atoms with van der Waals surface area (Å²) >= 11 is 16.7. The van der Waals surface area contributed by atoms with Gasteiger partial charge >= 0.3 is 5.97 Å². The Hall–Kier alpha value is -2.00. The van der Waals surface area contributed by atoms with Gasteiger partial charge in [0.1, 0.15) is 5.75 Å². The number of benzene rings is 2. The van der Waals surface area contributed by atoms with E-state index in [0.717, 1.165) is 5.56 Å². The molecule has 2 aromatic carbocycles. The number of hydrogen-bond donors (Lipinski definition) is 1. The van der Waals surface area contributed by atoms with Crippen LogP contribution in [0.3, 0.4) is 0 Å². The van der Waals surface area contributed by atoms with E-state index in [2.05, 4.69) is 26.2 Å². The van der Waals surface area contributed by atoms with Crippen molar-refractivity contribution in [1.82, 2.24) is 5.32 Å². The van der Waals surface area contributed by atoms with E-state index in [1.165, 1.54) is 11.8 Å². The fraction of sp³-hybridized carbons (Fsp3) is 0.150. The summed E-state index contributed by atoms with van der Waals surface area (Å²) in [5.74, 6) is -0.219. The van der Waals surface area contributed by atoms with Crippen LogP contribution in [0.5, 0.6) is 5.75 Å². The molecule has 30 heavy (non-hydrogen) atoms. The summed E-state index contributed by atoms with van der Waals surface area (Å²) in [7, 11) is 0. The second kappa shape index (κ2) is 10.3. The average Bonchev–Trinajstić information content (AvgIpc) is 3.04. The quantitative estimate of drug-likeness (QED) is 0.390. The number of thioether (sulfide) groups is 1. The lowest BCUT2D eigenvalue weighted by atomic mass is 10.2. The van der Waals surface area contributed by atoms with Crippen molar-refractivity contribution in [3.8, 4) is 5.75 Å². The molecule has 3 rings (SSSR count). The number of hydrogen-bond acceptors (Lipinski definition) is 6. The second-order valence-electron chi connectivity index (χ2n) is 5.84. The number of rotatable bonds is 6. The Bertz CT molecular complexity index is 1060. The molecule has 156 valence electrons. The highest BCUT2D eigenvalue weighted by Gasteiger charge is 2.24. The minimum atomic E-state index is -0.443. The first kappa shape index (κ1) is 22.7. The number of halogens is 3. The zero-order valence-corrected chi connectivity index (χ0v) is 19.5. The number of carbonyl (C=O) groups excluding carboxylic acids is 2. The normalized spacial score (nSPS) is 16.1. The van der Waals surface area contributed by atoms with Gasteiger partial charge < -0.3 is 14.8 Å². The van der Waals surface area contributed by atoms with Gasteiger partial charge in [-0.15, -0.1) is 0 Å². The predicted octanol–water partition coefficient (Wildman–Crippen LogP) is 5.59. The van der Waals surface area contributed by atoms with Crippen molar-refractivity contribution in [3.05, 3.63) is 61.4 Å². The fourth-order valence-corrected chi connectivity index (χ4v) is 4.07. The number of carbonyl (C=O) groups is 2. The molecule has 1 heterocycles. The molecule has 1 fully saturated rings. The number of nitrogens with one attached hydrogen (secondary N) is 1. The smallest absolute Gasteiger partial charge is 0.344 e. The van der Waals surface area contributed by atoms with Crippen molar-refractivity contribution in [1.29, 1.82) is 0 Å². The van der Waals surface area contributed by atoms with Gasteiger partial charge in [0.2, 0.25) is 0 Å². The molecule has 6 nitrogen and oxygen atoms in total. The fourth-order valence-electron chi connectivity index (χ4n) is 2.38. The molecule has 0 atom stereocenters. The number of amides is 1. The summed E-state index contributed by atoms with van der Waals surface area (Å²) in [6, 6.07) is 10.4. The Morgan fingerprint density at radius 3 is 2.83 bits per heavy atom. The van der Waals surface area contributed by atoms with Crippen molar-refractivity contribution < 1.29 is 19.1 Å². The first-order chi connectivity index (χ1) is 14.4. The highest BCUT2D eigenvalue weighted by atomic mass is 79.9. The van der Waals surface area contributed by atoms with Crippen LogP contribution in [0.25, 0.3) is 6.08 Å². The summed E-state index contributed by atoms with van der Waals surface area (Å²) in [6.07, 6.45) is 1.72. The summed E-state index contributed by atoms with van der Waals surface area (Å²) in [5, 5.41) is 3.82. The Morgan fingerprint density at radius 1 is 1.30 bits per heavy atom. The Labute approximate surface area is 195 Å². The number of amidine groups is 1. The molecule has 1 saturated heterocycles. The lowest BCUT2D eigenvalue weighted by Crippen LogP contribution is -2.19. The third-order valence-corrected chi connectivity index (χ3v) is 6.05. The second-order valence-corrected chi connectivity index (χ2v) is 8.51. The van der Waals surface area contributed by atoms with Crippen LogP contribution in [0.1, 0.15) is 12.5 Å².